The van der Waals surface area contributed by atoms with Gasteiger partial charge in [0.05, 0.1) is 19.8 Å². The Morgan fingerprint density at radius 2 is 2.43 bits per heavy atom. The average Bonchev–Trinajstić information content (AvgIpc) is 2.19. The molecule has 76 valence electrons. The summed E-state index contributed by atoms with van der Waals surface area (Å²) in [5.74, 6) is 0.476. The molecule has 1 aromatic carbocycles. The second kappa shape index (κ2) is 3.94. The van der Waals surface area contributed by atoms with Crippen LogP contribution in [0.1, 0.15) is 18.0 Å². The van der Waals surface area contributed by atoms with Gasteiger partial charge in [0, 0.05) is 12.0 Å². The lowest BCUT2D eigenvalue weighted by Crippen LogP contribution is -2.26. The fourth-order valence-electron chi connectivity index (χ4n) is 1.63. The lowest BCUT2D eigenvalue weighted by Gasteiger charge is -2.25. The number of hydrogen-bond donors (Lipinski definition) is 1. The predicted octanol–water partition coefficient (Wildman–Crippen LogP) is 1.80. The monoisotopic (exact) mass is 197 g/mol. The highest BCUT2D eigenvalue weighted by Gasteiger charge is 2.21. The molecule has 1 heterocycles. The van der Waals surface area contributed by atoms with Crippen LogP contribution in [0.5, 0.6) is 5.75 Å². The Morgan fingerprint density at radius 1 is 1.57 bits per heavy atom. The molecule has 2 rings (SSSR count). The summed E-state index contributed by atoms with van der Waals surface area (Å²) in [5, 5.41) is 0. The normalized spacial score (nSPS) is 20.0. The van der Waals surface area contributed by atoms with Crippen molar-refractivity contribution in [3.8, 4) is 5.75 Å². The Bertz CT molecular complexity index is 330. The Balaban J connectivity index is 2.32. The van der Waals surface area contributed by atoms with Crippen molar-refractivity contribution >= 4 is 0 Å². The van der Waals surface area contributed by atoms with E-state index < -0.39 is 0 Å². The van der Waals surface area contributed by atoms with Gasteiger partial charge in [-0.25, -0.2) is 4.39 Å². The second-order valence-electron chi connectivity index (χ2n) is 3.19. The van der Waals surface area contributed by atoms with Crippen molar-refractivity contribution in [2.75, 3.05) is 13.7 Å². The first-order valence-corrected chi connectivity index (χ1v) is 4.52. The molecule has 4 heteroatoms. The number of hydrogen-bond acceptors (Lipinski definition) is 3. The first-order valence-electron chi connectivity index (χ1n) is 4.52. The summed E-state index contributed by atoms with van der Waals surface area (Å²) in [7, 11) is 1.55. The van der Waals surface area contributed by atoms with Gasteiger partial charge < -0.3 is 9.57 Å². The molecule has 1 unspecified atom stereocenters. The molecular formula is C10H12FNO2. The SMILES string of the molecule is CONC1CCOc2ccc(F)cc21. The van der Waals surface area contributed by atoms with Crippen molar-refractivity contribution in [1.82, 2.24) is 5.48 Å². The van der Waals surface area contributed by atoms with Crippen LogP contribution in [0.25, 0.3) is 0 Å². The molecule has 0 saturated heterocycles. The average molecular weight is 197 g/mol. The maximum Gasteiger partial charge on any atom is 0.124 e. The van der Waals surface area contributed by atoms with Crippen molar-refractivity contribution in [1.29, 1.82) is 0 Å². The number of nitrogens with one attached hydrogen (secondary N) is 1. The zero-order chi connectivity index (χ0) is 9.97. The summed E-state index contributed by atoms with van der Waals surface area (Å²) < 4.78 is 18.4. The smallest absolute Gasteiger partial charge is 0.124 e. The van der Waals surface area contributed by atoms with Crippen molar-refractivity contribution in [3.05, 3.63) is 29.6 Å². The van der Waals surface area contributed by atoms with Gasteiger partial charge in [0.1, 0.15) is 11.6 Å². The van der Waals surface area contributed by atoms with Gasteiger partial charge in [-0.15, -0.1) is 0 Å². The summed E-state index contributed by atoms with van der Waals surface area (Å²) in [4.78, 5) is 4.85. The van der Waals surface area contributed by atoms with E-state index in [1.54, 1.807) is 13.2 Å². The fraction of sp³-hybridized carbons (Fsp3) is 0.400. The largest absolute Gasteiger partial charge is 0.493 e. The van der Waals surface area contributed by atoms with Crippen LogP contribution in [0, 0.1) is 5.82 Å². The van der Waals surface area contributed by atoms with Gasteiger partial charge in [-0.1, -0.05) is 0 Å². The molecule has 0 bridgehead atoms. The number of rotatable bonds is 2. The van der Waals surface area contributed by atoms with Crippen LogP contribution in [0.15, 0.2) is 18.2 Å². The van der Waals surface area contributed by atoms with Crippen LogP contribution < -0.4 is 10.2 Å². The van der Waals surface area contributed by atoms with Gasteiger partial charge in [-0.2, -0.15) is 5.48 Å². The minimum absolute atomic E-state index is 0.0134. The highest BCUT2D eigenvalue weighted by Crippen LogP contribution is 2.32. The lowest BCUT2D eigenvalue weighted by atomic mass is 10.0. The maximum absolute atomic E-state index is 13.0. The predicted molar refractivity (Wildman–Crippen MR) is 49.4 cm³/mol. The third-order valence-electron chi connectivity index (χ3n) is 2.27. The van der Waals surface area contributed by atoms with Crippen LogP contribution in [0.3, 0.4) is 0 Å². The standard InChI is InChI=1S/C10H12FNO2/c1-13-12-9-4-5-14-10-3-2-7(11)6-8(9)10/h2-3,6,9,12H,4-5H2,1H3. The van der Waals surface area contributed by atoms with Crippen LogP contribution in [0.2, 0.25) is 0 Å². The Kier molecular flexibility index (Phi) is 2.65. The van der Waals surface area contributed by atoms with Gasteiger partial charge in [0.2, 0.25) is 0 Å². The van der Waals surface area contributed by atoms with Gasteiger partial charge in [0.15, 0.2) is 0 Å². The summed E-state index contributed by atoms with van der Waals surface area (Å²) >= 11 is 0. The Labute approximate surface area is 81.8 Å². The molecule has 0 aliphatic carbocycles. The van der Waals surface area contributed by atoms with Gasteiger partial charge in [-0.3, -0.25) is 0 Å². The minimum Gasteiger partial charge on any atom is -0.493 e. The van der Waals surface area contributed by atoms with Crippen LogP contribution in [-0.4, -0.2) is 13.7 Å². The van der Waals surface area contributed by atoms with E-state index in [1.165, 1.54) is 12.1 Å². The van der Waals surface area contributed by atoms with Crippen LogP contribution in [0.4, 0.5) is 4.39 Å². The van der Waals surface area contributed by atoms with Gasteiger partial charge >= 0.3 is 0 Å². The van der Waals surface area contributed by atoms with Crippen molar-refractivity contribution in [3.63, 3.8) is 0 Å². The third kappa shape index (κ3) is 1.71. The molecule has 1 atom stereocenters. The summed E-state index contributed by atoms with van der Waals surface area (Å²) in [6.45, 7) is 0.625. The highest BCUT2D eigenvalue weighted by molar-refractivity contribution is 5.37. The van der Waals surface area contributed by atoms with E-state index in [1.807, 2.05) is 0 Å². The molecule has 1 aliphatic heterocycles. The zero-order valence-corrected chi connectivity index (χ0v) is 7.92. The van der Waals surface area contributed by atoms with Crippen LogP contribution >= 0.6 is 0 Å². The number of fused-ring (bicyclic) bond motifs is 1. The molecular weight excluding hydrogens is 185 g/mol. The Hall–Kier alpha value is -1.13. The first-order chi connectivity index (χ1) is 6.81. The van der Waals surface area contributed by atoms with Gasteiger partial charge in [-0.05, 0) is 18.2 Å². The van der Waals surface area contributed by atoms with Crippen molar-refractivity contribution in [2.24, 2.45) is 0 Å². The molecule has 0 saturated carbocycles. The zero-order valence-electron chi connectivity index (χ0n) is 7.92. The number of benzene rings is 1. The molecule has 0 amide bonds. The molecule has 0 spiro atoms. The van der Waals surface area contributed by atoms with Crippen molar-refractivity contribution in [2.45, 2.75) is 12.5 Å². The minimum atomic E-state index is -0.253. The topological polar surface area (TPSA) is 30.5 Å². The lowest BCUT2D eigenvalue weighted by molar-refractivity contribution is 0.0461. The van der Waals surface area contributed by atoms with E-state index >= 15 is 0 Å². The van der Waals surface area contributed by atoms with E-state index in [4.69, 9.17) is 9.57 Å². The molecule has 1 N–H and O–H groups in total. The number of hydroxylamine groups is 1. The number of ether oxygens (including phenoxy) is 1. The quantitative estimate of drug-likeness (QED) is 0.733. The summed E-state index contributed by atoms with van der Waals surface area (Å²) in [6, 6.07) is 4.53. The molecule has 0 aromatic heterocycles. The van der Waals surface area contributed by atoms with Crippen LogP contribution in [-0.2, 0) is 4.84 Å². The molecule has 0 fully saturated rings. The Morgan fingerprint density at radius 3 is 3.21 bits per heavy atom. The van der Waals surface area contributed by atoms with Crippen molar-refractivity contribution < 1.29 is 14.0 Å². The molecule has 1 aromatic rings. The highest BCUT2D eigenvalue weighted by atomic mass is 19.1. The van der Waals surface area contributed by atoms with E-state index in [0.29, 0.717) is 6.61 Å². The van der Waals surface area contributed by atoms with Gasteiger partial charge in [0.25, 0.3) is 0 Å². The molecule has 1 aliphatic rings. The molecule has 0 radical (unpaired) electrons. The summed E-state index contributed by atoms with van der Waals surface area (Å²) in [5.41, 5.74) is 3.64. The second-order valence-corrected chi connectivity index (χ2v) is 3.19. The summed E-state index contributed by atoms with van der Waals surface area (Å²) in [6.07, 6.45) is 0.782. The molecule has 3 nitrogen and oxygen atoms in total. The first kappa shape index (κ1) is 9.43. The van der Waals surface area contributed by atoms with E-state index in [0.717, 1.165) is 17.7 Å². The number of halogens is 1. The fourth-order valence-corrected chi connectivity index (χ4v) is 1.63. The van der Waals surface area contributed by atoms with E-state index in [2.05, 4.69) is 5.48 Å². The molecule has 14 heavy (non-hydrogen) atoms. The van der Waals surface area contributed by atoms with E-state index in [-0.39, 0.29) is 11.9 Å². The maximum atomic E-state index is 13.0. The third-order valence-corrected chi connectivity index (χ3v) is 2.27. The van der Waals surface area contributed by atoms with E-state index in [9.17, 15) is 4.39 Å².